The number of hydrogen-bond acceptors (Lipinski definition) is 4. The van der Waals surface area contributed by atoms with E-state index in [2.05, 4.69) is 21.2 Å². The third-order valence-electron chi connectivity index (χ3n) is 4.44. The first kappa shape index (κ1) is 21.5. The summed E-state index contributed by atoms with van der Waals surface area (Å²) in [5.74, 6) is -1.15. The van der Waals surface area contributed by atoms with Crippen LogP contribution in [0, 0.1) is 0 Å². The van der Waals surface area contributed by atoms with E-state index >= 15 is 0 Å². The Bertz CT molecular complexity index is 1000. The molecule has 0 radical (unpaired) electrons. The van der Waals surface area contributed by atoms with Crippen LogP contribution in [0.15, 0.2) is 89.4 Å². The highest BCUT2D eigenvalue weighted by molar-refractivity contribution is 9.10. The Morgan fingerprint density at radius 3 is 2.03 bits per heavy atom. The van der Waals surface area contributed by atoms with Crippen LogP contribution < -0.4 is 5.32 Å². The molecule has 30 heavy (non-hydrogen) atoms. The van der Waals surface area contributed by atoms with Crippen molar-refractivity contribution >= 4 is 33.6 Å². The van der Waals surface area contributed by atoms with Crippen LogP contribution in [0.4, 0.5) is 0 Å². The first-order valence-corrected chi connectivity index (χ1v) is 10.2. The topological polar surface area (TPSA) is 72.5 Å². The Balaban J connectivity index is 1.63. The summed E-state index contributed by atoms with van der Waals surface area (Å²) < 4.78 is 6.03. The Hall–Kier alpha value is -3.25. The fraction of sp³-hybridized carbons (Fsp3) is 0.125. The van der Waals surface area contributed by atoms with E-state index in [1.54, 1.807) is 48.5 Å². The third kappa shape index (κ3) is 6.12. The lowest BCUT2D eigenvalue weighted by Gasteiger charge is -2.18. The van der Waals surface area contributed by atoms with Gasteiger partial charge in [0.2, 0.25) is 0 Å². The van der Waals surface area contributed by atoms with Crippen LogP contribution in [0.3, 0.4) is 0 Å². The van der Waals surface area contributed by atoms with Crippen LogP contribution in [0.1, 0.15) is 38.7 Å². The Kier molecular flexibility index (Phi) is 7.51. The van der Waals surface area contributed by atoms with E-state index in [1.165, 1.54) is 0 Å². The molecular weight excluding hydrogens is 446 g/mol. The maximum Gasteiger partial charge on any atom is 0.308 e. The molecule has 0 bridgehead atoms. The second kappa shape index (κ2) is 10.5. The third-order valence-corrected chi connectivity index (χ3v) is 4.97. The number of nitrogens with one attached hydrogen (secondary N) is 1. The van der Waals surface area contributed by atoms with E-state index < -0.39 is 12.0 Å². The van der Waals surface area contributed by atoms with E-state index in [1.807, 2.05) is 36.4 Å². The van der Waals surface area contributed by atoms with Gasteiger partial charge in [-0.05, 0) is 29.8 Å². The lowest BCUT2D eigenvalue weighted by Crippen LogP contribution is -2.31. The van der Waals surface area contributed by atoms with Gasteiger partial charge in [-0.25, -0.2) is 0 Å². The van der Waals surface area contributed by atoms with Crippen LogP contribution in [0.25, 0.3) is 0 Å². The van der Waals surface area contributed by atoms with Crippen LogP contribution in [-0.2, 0) is 9.53 Å². The van der Waals surface area contributed by atoms with Crippen molar-refractivity contribution in [3.8, 4) is 0 Å². The molecule has 152 valence electrons. The normalized spacial score (nSPS) is 11.4. The summed E-state index contributed by atoms with van der Waals surface area (Å²) >= 11 is 3.31. The molecule has 0 heterocycles. The number of rotatable bonds is 8. The van der Waals surface area contributed by atoms with E-state index in [4.69, 9.17) is 4.74 Å². The number of carbonyl (C=O) groups is 3. The average molecular weight is 466 g/mol. The van der Waals surface area contributed by atoms with Crippen molar-refractivity contribution < 1.29 is 19.1 Å². The SMILES string of the molecule is O=C(CC(NC(=O)c1ccccc1)c1ccccc1)OCC(=O)c1ccc(Br)cc1. The second-order valence-electron chi connectivity index (χ2n) is 6.60. The minimum Gasteiger partial charge on any atom is -0.457 e. The minimum absolute atomic E-state index is 0.0871. The van der Waals surface area contributed by atoms with E-state index in [0.717, 1.165) is 10.0 Å². The van der Waals surface area contributed by atoms with Crippen molar-refractivity contribution in [3.05, 3.63) is 106 Å². The summed E-state index contributed by atoms with van der Waals surface area (Å²) in [6.45, 7) is -0.353. The molecular formula is C24H20BrNO4. The Labute approximate surface area is 183 Å². The molecule has 3 rings (SSSR count). The molecule has 1 amide bonds. The molecule has 1 atom stereocenters. The molecule has 0 fully saturated rings. The average Bonchev–Trinajstić information content (AvgIpc) is 2.78. The molecule has 0 aliphatic rings. The number of ketones is 1. The maximum absolute atomic E-state index is 12.6. The summed E-state index contributed by atoms with van der Waals surface area (Å²) in [5, 5.41) is 2.88. The smallest absolute Gasteiger partial charge is 0.308 e. The first-order valence-electron chi connectivity index (χ1n) is 9.38. The van der Waals surface area contributed by atoms with Gasteiger partial charge in [0, 0.05) is 15.6 Å². The van der Waals surface area contributed by atoms with Gasteiger partial charge in [0.1, 0.15) is 0 Å². The molecule has 3 aromatic rings. The van der Waals surface area contributed by atoms with Crippen molar-refractivity contribution in [2.45, 2.75) is 12.5 Å². The molecule has 3 aromatic carbocycles. The number of amides is 1. The van der Waals surface area contributed by atoms with Gasteiger partial charge in [-0.1, -0.05) is 76.6 Å². The Morgan fingerprint density at radius 1 is 0.800 bits per heavy atom. The van der Waals surface area contributed by atoms with Crippen LogP contribution in [0.5, 0.6) is 0 Å². The number of esters is 1. The highest BCUT2D eigenvalue weighted by Gasteiger charge is 2.21. The molecule has 1 unspecified atom stereocenters. The van der Waals surface area contributed by atoms with Crippen molar-refractivity contribution in [3.63, 3.8) is 0 Å². The summed E-state index contributed by atoms with van der Waals surface area (Å²) in [4.78, 5) is 37.2. The molecule has 0 aromatic heterocycles. The molecule has 0 saturated heterocycles. The predicted octanol–water partition coefficient (Wildman–Crippen LogP) is 4.74. The lowest BCUT2D eigenvalue weighted by atomic mass is 10.0. The largest absolute Gasteiger partial charge is 0.457 e. The number of benzene rings is 3. The van der Waals surface area contributed by atoms with Crippen LogP contribution in [0.2, 0.25) is 0 Å². The number of halogens is 1. The van der Waals surface area contributed by atoms with Gasteiger partial charge in [0.15, 0.2) is 12.4 Å². The predicted molar refractivity (Wildman–Crippen MR) is 117 cm³/mol. The van der Waals surface area contributed by atoms with Gasteiger partial charge in [-0.3, -0.25) is 14.4 Å². The summed E-state index contributed by atoms with van der Waals surface area (Å²) in [5.41, 5.74) is 1.73. The standard InChI is InChI=1S/C24H20BrNO4/c25-20-13-11-18(12-14-20)22(27)16-30-23(28)15-21(17-7-3-1-4-8-17)26-24(29)19-9-5-2-6-10-19/h1-14,21H,15-16H2,(H,26,29). The number of carbonyl (C=O) groups excluding carboxylic acids is 3. The van der Waals surface area contributed by atoms with E-state index in [-0.39, 0.29) is 24.7 Å². The highest BCUT2D eigenvalue weighted by Crippen LogP contribution is 2.18. The molecule has 0 aliphatic heterocycles. The van der Waals surface area contributed by atoms with E-state index in [9.17, 15) is 14.4 Å². The zero-order valence-corrected chi connectivity index (χ0v) is 17.7. The van der Waals surface area contributed by atoms with Crippen LogP contribution in [-0.4, -0.2) is 24.3 Å². The number of hydrogen-bond donors (Lipinski definition) is 1. The molecule has 1 N–H and O–H groups in total. The van der Waals surface area contributed by atoms with Crippen molar-refractivity contribution in [1.82, 2.24) is 5.32 Å². The van der Waals surface area contributed by atoms with Gasteiger partial charge in [-0.15, -0.1) is 0 Å². The monoisotopic (exact) mass is 465 g/mol. The maximum atomic E-state index is 12.6. The molecule has 5 nitrogen and oxygen atoms in total. The van der Waals surface area contributed by atoms with E-state index in [0.29, 0.717) is 11.1 Å². The fourth-order valence-corrected chi connectivity index (χ4v) is 3.12. The molecule has 0 aliphatic carbocycles. The lowest BCUT2D eigenvalue weighted by molar-refractivity contribution is -0.143. The summed E-state index contributed by atoms with van der Waals surface area (Å²) in [7, 11) is 0. The minimum atomic E-state index is -0.575. The first-order chi connectivity index (χ1) is 14.5. The zero-order valence-electron chi connectivity index (χ0n) is 16.1. The zero-order chi connectivity index (χ0) is 21.3. The molecule has 6 heteroatoms. The fourth-order valence-electron chi connectivity index (χ4n) is 2.86. The van der Waals surface area contributed by atoms with Gasteiger partial charge >= 0.3 is 5.97 Å². The molecule has 0 spiro atoms. The number of Topliss-reactive ketones (excluding diaryl/α,β-unsaturated/α-hetero) is 1. The highest BCUT2D eigenvalue weighted by atomic mass is 79.9. The van der Waals surface area contributed by atoms with Crippen LogP contribution >= 0.6 is 15.9 Å². The van der Waals surface area contributed by atoms with Gasteiger partial charge < -0.3 is 10.1 Å². The quantitative estimate of drug-likeness (QED) is 0.385. The van der Waals surface area contributed by atoms with Gasteiger partial charge in [0.25, 0.3) is 5.91 Å². The molecule has 0 saturated carbocycles. The second-order valence-corrected chi connectivity index (χ2v) is 7.51. The van der Waals surface area contributed by atoms with Crippen molar-refractivity contribution in [1.29, 1.82) is 0 Å². The van der Waals surface area contributed by atoms with Crippen molar-refractivity contribution in [2.24, 2.45) is 0 Å². The van der Waals surface area contributed by atoms with Gasteiger partial charge in [-0.2, -0.15) is 0 Å². The Morgan fingerprint density at radius 2 is 1.40 bits per heavy atom. The number of ether oxygens (including phenoxy) is 1. The summed E-state index contributed by atoms with van der Waals surface area (Å²) in [6.07, 6.45) is -0.0871. The summed E-state index contributed by atoms with van der Waals surface area (Å²) in [6, 6.07) is 24.2. The van der Waals surface area contributed by atoms with Gasteiger partial charge in [0.05, 0.1) is 12.5 Å². The van der Waals surface area contributed by atoms with Crippen molar-refractivity contribution in [2.75, 3.05) is 6.61 Å².